The summed E-state index contributed by atoms with van der Waals surface area (Å²) in [6, 6.07) is 15.4. The third-order valence-electron chi connectivity index (χ3n) is 5.41. The number of para-hydroxylation sites is 1. The molecule has 1 aromatic heterocycles. The average molecular weight is 467 g/mol. The zero-order chi connectivity index (χ0) is 23.2. The van der Waals surface area contributed by atoms with Gasteiger partial charge in [0, 0.05) is 35.4 Å². The molecule has 170 valence electrons. The maximum atomic E-state index is 12.6. The summed E-state index contributed by atoms with van der Waals surface area (Å²) in [6.45, 7) is 1.17. The van der Waals surface area contributed by atoms with Gasteiger partial charge in [-0.25, -0.2) is 4.79 Å². The van der Waals surface area contributed by atoms with Gasteiger partial charge < -0.3 is 19.4 Å². The normalized spacial score (nSPS) is 13.1. The van der Waals surface area contributed by atoms with E-state index in [-0.39, 0.29) is 23.6 Å². The Morgan fingerprint density at radius 1 is 1.00 bits per heavy atom. The molecule has 1 aliphatic rings. The lowest BCUT2D eigenvalue weighted by molar-refractivity contribution is 0.0470. The molecule has 1 fully saturated rings. The van der Waals surface area contributed by atoms with Crippen molar-refractivity contribution in [3.05, 3.63) is 88.2 Å². The number of ether oxygens (including phenoxy) is 2. The number of hydrogen-bond donors (Lipinski definition) is 1. The van der Waals surface area contributed by atoms with Crippen LogP contribution in [-0.4, -0.2) is 47.2 Å². The van der Waals surface area contributed by atoms with Gasteiger partial charge in [0.1, 0.15) is 23.6 Å². The molecule has 1 aliphatic heterocycles. The number of hydrogen-bond acceptors (Lipinski definition) is 5. The summed E-state index contributed by atoms with van der Waals surface area (Å²) in [4.78, 5) is 42.1. The minimum atomic E-state index is -0.679. The first-order chi connectivity index (χ1) is 16.0. The van der Waals surface area contributed by atoms with Crippen molar-refractivity contribution in [3.8, 4) is 5.75 Å². The number of esters is 1. The summed E-state index contributed by atoms with van der Waals surface area (Å²) in [5.74, 6) is -0.889. The monoisotopic (exact) mass is 466 g/mol. The van der Waals surface area contributed by atoms with Crippen molar-refractivity contribution < 1.29 is 23.9 Å². The Labute approximate surface area is 196 Å². The lowest BCUT2D eigenvalue weighted by Crippen LogP contribution is -2.27. The van der Waals surface area contributed by atoms with Crippen LogP contribution < -0.4 is 4.74 Å². The molecule has 0 aliphatic carbocycles. The van der Waals surface area contributed by atoms with Crippen LogP contribution in [0.4, 0.5) is 0 Å². The van der Waals surface area contributed by atoms with E-state index in [1.807, 2.05) is 18.2 Å². The number of aromatic amines is 1. The number of likely N-dealkylation sites (tertiary alicyclic amines) is 1. The van der Waals surface area contributed by atoms with Crippen LogP contribution in [0.1, 0.15) is 49.6 Å². The number of Topliss-reactive ketones (excluding diaryl/α,β-unsaturated/α-hetero) is 1. The zero-order valence-corrected chi connectivity index (χ0v) is 18.6. The van der Waals surface area contributed by atoms with Crippen molar-refractivity contribution in [3.63, 3.8) is 0 Å². The number of nitrogens with zero attached hydrogens (tertiary/aromatic N) is 1. The fourth-order valence-corrected chi connectivity index (χ4v) is 3.78. The van der Waals surface area contributed by atoms with Crippen molar-refractivity contribution in [1.29, 1.82) is 0 Å². The van der Waals surface area contributed by atoms with Gasteiger partial charge >= 0.3 is 5.97 Å². The molecule has 33 heavy (non-hydrogen) atoms. The zero-order valence-electron chi connectivity index (χ0n) is 17.9. The molecule has 2 aromatic carbocycles. The van der Waals surface area contributed by atoms with E-state index in [4.69, 9.17) is 21.1 Å². The predicted molar refractivity (Wildman–Crippen MR) is 123 cm³/mol. The van der Waals surface area contributed by atoms with Crippen molar-refractivity contribution in [1.82, 2.24) is 9.88 Å². The van der Waals surface area contributed by atoms with E-state index in [1.165, 1.54) is 12.3 Å². The smallest absolute Gasteiger partial charge is 0.342 e. The summed E-state index contributed by atoms with van der Waals surface area (Å²) in [7, 11) is 0. The van der Waals surface area contributed by atoms with Crippen LogP contribution in [0, 0.1) is 0 Å². The van der Waals surface area contributed by atoms with Gasteiger partial charge in [0.25, 0.3) is 5.91 Å². The first-order valence-electron chi connectivity index (χ1n) is 10.7. The highest BCUT2D eigenvalue weighted by Gasteiger charge is 2.22. The molecule has 0 unspecified atom stereocenters. The lowest BCUT2D eigenvalue weighted by atomic mass is 10.2. The molecule has 1 N–H and O–H groups in total. The quantitative estimate of drug-likeness (QED) is 0.389. The van der Waals surface area contributed by atoms with Crippen molar-refractivity contribution in [2.45, 2.75) is 19.4 Å². The van der Waals surface area contributed by atoms with Gasteiger partial charge in [0.15, 0.2) is 6.61 Å². The molecule has 2 heterocycles. The first kappa shape index (κ1) is 22.6. The average Bonchev–Trinajstić information content (AvgIpc) is 3.54. The second-order valence-corrected chi connectivity index (χ2v) is 8.08. The van der Waals surface area contributed by atoms with E-state index in [0.717, 1.165) is 31.5 Å². The largest absolute Gasteiger partial charge is 0.488 e. The van der Waals surface area contributed by atoms with E-state index in [9.17, 15) is 14.4 Å². The van der Waals surface area contributed by atoms with E-state index >= 15 is 0 Å². The number of halogens is 1. The van der Waals surface area contributed by atoms with Crippen LogP contribution in [0.3, 0.4) is 0 Å². The standard InChI is InChI=1S/C25H23ClN2O5/c26-20-9-3-1-7-17(20)15-32-23-10-4-2-8-19(23)25(31)33-16-22(29)18-13-21(27-14-18)24(30)28-11-5-6-12-28/h1-4,7-10,13-14,27H,5-6,11-12,15-16H2. The molecular formula is C25H23ClN2O5. The lowest BCUT2D eigenvalue weighted by Gasteiger charge is -2.13. The van der Waals surface area contributed by atoms with Crippen LogP contribution >= 0.6 is 11.6 Å². The number of nitrogens with one attached hydrogen (secondary N) is 1. The number of H-pyrrole nitrogens is 1. The highest BCUT2D eigenvalue weighted by molar-refractivity contribution is 6.31. The molecule has 0 radical (unpaired) electrons. The van der Waals surface area contributed by atoms with Crippen molar-refractivity contribution in [2.24, 2.45) is 0 Å². The number of carbonyl (C=O) groups is 3. The van der Waals surface area contributed by atoms with Gasteiger partial charge in [-0.2, -0.15) is 0 Å². The van der Waals surface area contributed by atoms with Gasteiger partial charge in [-0.05, 0) is 37.1 Å². The molecule has 1 amide bonds. The Balaban J connectivity index is 1.36. The van der Waals surface area contributed by atoms with Crippen molar-refractivity contribution in [2.75, 3.05) is 19.7 Å². The molecule has 0 bridgehead atoms. The van der Waals surface area contributed by atoms with Crippen molar-refractivity contribution >= 4 is 29.3 Å². The summed E-state index contributed by atoms with van der Waals surface area (Å²) < 4.78 is 11.0. The van der Waals surface area contributed by atoms with E-state index < -0.39 is 18.4 Å². The Hall–Kier alpha value is -3.58. The Kier molecular flexibility index (Phi) is 7.10. The van der Waals surface area contributed by atoms with Gasteiger partial charge in [-0.1, -0.05) is 41.9 Å². The number of aromatic nitrogens is 1. The van der Waals surface area contributed by atoms with Crippen LogP contribution in [0.15, 0.2) is 60.8 Å². The predicted octanol–water partition coefficient (Wildman–Crippen LogP) is 4.52. The first-order valence-corrected chi connectivity index (χ1v) is 11.0. The number of amides is 1. The van der Waals surface area contributed by atoms with Gasteiger partial charge in [-0.3, -0.25) is 9.59 Å². The molecule has 4 rings (SSSR count). The Bertz CT molecular complexity index is 1170. The molecular weight excluding hydrogens is 444 g/mol. The fourth-order valence-electron chi connectivity index (χ4n) is 3.59. The number of rotatable bonds is 8. The molecule has 7 nitrogen and oxygen atoms in total. The third-order valence-corrected chi connectivity index (χ3v) is 5.78. The van der Waals surface area contributed by atoms with Crippen LogP contribution in [0.2, 0.25) is 5.02 Å². The minimum absolute atomic E-state index is 0.131. The van der Waals surface area contributed by atoms with Gasteiger partial charge in [-0.15, -0.1) is 0 Å². The van der Waals surface area contributed by atoms with Gasteiger partial charge in [0.05, 0.1) is 0 Å². The molecule has 1 saturated heterocycles. The van der Waals surface area contributed by atoms with Crippen LogP contribution in [-0.2, 0) is 11.3 Å². The second kappa shape index (κ2) is 10.4. The molecule has 8 heteroatoms. The highest BCUT2D eigenvalue weighted by Crippen LogP contribution is 2.23. The highest BCUT2D eigenvalue weighted by atomic mass is 35.5. The number of ketones is 1. The van der Waals surface area contributed by atoms with Crippen LogP contribution in [0.25, 0.3) is 0 Å². The number of carbonyl (C=O) groups excluding carboxylic acids is 3. The van der Waals surface area contributed by atoms with Crippen LogP contribution in [0.5, 0.6) is 5.75 Å². The number of benzene rings is 2. The minimum Gasteiger partial charge on any atom is -0.488 e. The molecule has 3 aromatic rings. The molecule has 0 saturated carbocycles. The Morgan fingerprint density at radius 2 is 1.73 bits per heavy atom. The summed E-state index contributed by atoms with van der Waals surface area (Å²) >= 11 is 6.16. The Morgan fingerprint density at radius 3 is 2.52 bits per heavy atom. The summed E-state index contributed by atoms with van der Waals surface area (Å²) in [5.41, 5.74) is 1.62. The topological polar surface area (TPSA) is 88.7 Å². The maximum Gasteiger partial charge on any atom is 0.342 e. The van der Waals surface area contributed by atoms with E-state index in [2.05, 4.69) is 4.98 Å². The fraction of sp³-hybridized carbons (Fsp3) is 0.240. The summed E-state index contributed by atoms with van der Waals surface area (Å²) in [6.07, 6.45) is 3.43. The molecule has 0 atom stereocenters. The van der Waals surface area contributed by atoms with E-state index in [0.29, 0.717) is 16.5 Å². The summed E-state index contributed by atoms with van der Waals surface area (Å²) in [5, 5.41) is 0.567. The third kappa shape index (κ3) is 5.43. The van der Waals surface area contributed by atoms with Gasteiger partial charge in [0.2, 0.25) is 5.78 Å². The molecule has 0 spiro atoms. The second-order valence-electron chi connectivity index (χ2n) is 7.68. The SMILES string of the molecule is O=C(COC(=O)c1ccccc1OCc1ccccc1Cl)c1c[nH]c(C(=O)N2CCCC2)c1. The van der Waals surface area contributed by atoms with E-state index in [1.54, 1.807) is 35.2 Å². The maximum absolute atomic E-state index is 12.6.